The summed E-state index contributed by atoms with van der Waals surface area (Å²) >= 11 is 1.64. The van der Waals surface area contributed by atoms with Crippen LogP contribution in [0.3, 0.4) is 0 Å². The van der Waals surface area contributed by atoms with Crippen molar-refractivity contribution in [1.29, 1.82) is 0 Å². The predicted octanol–water partition coefficient (Wildman–Crippen LogP) is 4.20. The topological polar surface area (TPSA) is 57.4 Å². The van der Waals surface area contributed by atoms with E-state index in [9.17, 15) is 0 Å². The fourth-order valence-corrected chi connectivity index (χ4v) is 3.81. The number of pyridine rings is 1. The number of aromatic nitrogens is 1. The Bertz CT molecular complexity index is 1020. The molecule has 0 fully saturated rings. The molecule has 4 aromatic rings. The second-order valence-electron chi connectivity index (χ2n) is 5.05. The van der Waals surface area contributed by atoms with Gasteiger partial charge in [0, 0.05) is 20.9 Å². The van der Waals surface area contributed by atoms with Gasteiger partial charge in [-0.25, -0.2) is 4.98 Å². The van der Waals surface area contributed by atoms with Gasteiger partial charge in [0.2, 0.25) is 0 Å². The van der Waals surface area contributed by atoms with Crippen LogP contribution >= 0.6 is 11.3 Å². The van der Waals surface area contributed by atoms with Gasteiger partial charge in [-0.2, -0.15) is 0 Å². The van der Waals surface area contributed by atoms with Crippen LogP contribution in [0, 0.1) is 0 Å². The van der Waals surface area contributed by atoms with Crippen LogP contribution in [0.15, 0.2) is 36.4 Å². The van der Waals surface area contributed by atoms with Crippen LogP contribution in [0.1, 0.15) is 0 Å². The van der Waals surface area contributed by atoms with Gasteiger partial charge in [0.15, 0.2) is 0 Å². The highest BCUT2D eigenvalue weighted by Gasteiger charge is 2.14. The lowest BCUT2D eigenvalue weighted by Gasteiger charge is -2.06. The lowest BCUT2D eigenvalue weighted by atomic mass is 10.1. The molecule has 4 nitrogen and oxygen atoms in total. The zero-order valence-corrected chi connectivity index (χ0v) is 13.0. The molecule has 0 saturated heterocycles. The van der Waals surface area contributed by atoms with Crippen molar-refractivity contribution in [2.45, 2.75) is 0 Å². The summed E-state index contributed by atoms with van der Waals surface area (Å²) in [7, 11) is 3.31. The van der Waals surface area contributed by atoms with Crippen LogP contribution < -0.4 is 15.2 Å². The number of benzene rings is 2. The molecule has 2 N–H and O–H groups in total. The second kappa shape index (κ2) is 4.74. The van der Waals surface area contributed by atoms with E-state index in [0.717, 1.165) is 48.4 Å². The van der Waals surface area contributed by atoms with E-state index >= 15 is 0 Å². The number of methoxy groups -OCH3 is 2. The number of ether oxygens (including phenoxy) is 2. The Balaban J connectivity index is 2.17. The molecule has 0 aliphatic rings. The highest BCUT2D eigenvalue weighted by atomic mass is 32.1. The molecule has 0 aliphatic carbocycles. The number of rotatable bonds is 2. The fraction of sp³-hybridized carbons (Fsp3) is 0.118. The van der Waals surface area contributed by atoms with Crippen molar-refractivity contribution in [1.82, 2.24) is 4.98 Å². The van der Waals surface area contributed by atoms with E-state index in [1.54, 1.807) is 25.6 Å². The maximum Gasteiger partial charge on any atom is 0.127 e. The molecule has 0 spiro atoms. The Morgan fingerprint density at radius 2 is 1.64 bits per heavy atom. The highest BCUT2D eigenvalue weighted by molar-refractivity contribution is 7.25. The molecular formula is C17H14N2O2S. The molecule has 0 saturated carbocycles. The highest BCUT2D eigenvalue weighted by Crippen LogP contribution is 2.41. The first kappa shape index (κ1) is 13.2. The minimum Gasteiger partial charge on any atom is -0.497 e. The lowest BCUT2D eigenvalue weighted by Crippen LogP contribution is -1.92. The van der Waals surface area contributed by atoms with E-state index in [0.29, 0.717) is 0 Å². The zero-order chi connectivity index (χ0) is 15.3. The third-order valence-corrected chi connectivity index (χ3v) is 4.93. The van der Waals surface area contributed by atoms with Gasteiger partial charge in [0.1, 0.15) is 16.3 Å². The minimum absolute atomic E-state index is 0.735. The largest absolute Gasteiger partial charge is 0.497 e. The quantitative estimate of drug-likeness (QED) is 0.603. The molecule has 110 valence electrons. The molecule has 0 atom stereocenters. The summed E-state index contributed by atoms with van der Waals surface area (Å²) in [6.45, 7) is 0. The van der Waals surface area contributed by atoms with Crippen molar-refractivity contribution in [2.24, 2.45) is 0 Å². The molecule has 0 aliphatic heterocycles. The van der Waals surface area contributed by atoms with Gasteiger partial charge < -0.3 is 15.2 Å². The third kappa shape index (κ3) is 1.79. The van der Waals surface area contributed by atoms with Crippen molar-refractivity contribution >= 4 is 48.2 Å². The van der Waals surface area contributed by atoms with E-state index in [2.05, 4.69) is 0 Å². The first-order chi connectivity index (χ1) is 10.7. The van der Waals surface area contributed by atoms with Gasteiger partial charge in [-0.15, -0.1) is 11.3 Å². The number of nitrogens with two attached hydrogens (primary N) is 1. The Morgan fingerprint density at radius 3 is 2.36 bits per heavy atom. The van der Waals surface area contributed by atoms with Crippen molar-refractivity contribution in [3.05, 3.63) is 36.4 Å². The minimum atomic E-state index is 0.735. The SMILES string of the molecule is COc1ccc2nc3sc4ccc(OC)cc4c3c(N)c2c1. The third-order valence-electron chi connectivity index (χ3n) is 3.86. The molecule has 0 amide bonds. The summed E-state index contributed by atoms with van der Waals surface area (Å²) in [5.41, 5.74) is 8.06. The van der Waals surface area contributed by atoms with Crippen molar-refractivity contribution < 1.29 is 9.47 Å². The van der Waals surface area contributed by atoms with Crippen LogP contribution in [0.25, 0.3) is 31.2 Å². The summed E-state index contributed by atoms with van der Waals surface area (Å²) in [6, 6.07) is 11.8. The summed E-state index contributed by atoms with van der Waals surface area (Å²) in [6.07, 6.45) is 0. The molecule has 5 heteroatoms. The number of fused-ring (bicyclic) bond motifs is 4. The lowest BCUT2D eigenvalue weighted by molar-refractivity contribution is 0.415. The normalized spacial score (nSPS) is 11.4. The Morgan fingerprint density at radius 1 is 0.955 bits per heavy atom. The molecule has 0 bridgehead atoms. The Hall–Kier alpha value is -2.53. The average molecular weight is 310 g/mol. The summed E-state index contributed by atoms with van der Waals surface area (Å²) in [5, 5.41) is 2.98. The number of hydrogen-bond donors (Lipinski definition) is 1. The Labute approximate surface area is 131 Å². The number of anilines is 1. The van der Waals surface area contributed by atoms with Gasteiger partial charge in [-0.05, 0) is 36.4 Å². The summed E-state index contributed by atoms with van der Waals surface area (Å²) < 4.78 is 11.8. The van der Waals surface area contributed by atoms with Crippen LogP contribution in [0.2, 0.25) is 0 Å². The van der Waals surface area contributed by atoms with Gasteiger partial charge >= 0.3 is 0 Å². The first-order valence-electron chi connectivity index (χ1n) is 6.84. The predicted molar refractivity (Wildman–Crippen MR) is 92.1 cm³/mol. The number of nitrogen functional groups attached to an aromatic ring is 1. The molecule has 2 aromatic carbocycles. The van der Waals surface area contributed by atoms with Crippen LogP contribution in [0.5, 0.6) is 11.5 Å². The molecule has 2 heterocycles. The van der Waals surface area contributed by atoms with E-state index < -0.39 is 0 Å². The van der Waals surface area contributed by atoms with Crippen molar-refractivity contribution in [3.8, 4) is 11.5 Å². The van der Waals surface area contributed by atoms with Gasteiger partial charge in [-0.1, -0.05) is 0 Å². The second-order valence-corrected chi connectivity index (χ2v) is 6.08. The maximum absolute atomic E-state index is 6.45. The van der Waals surface area contributed by atoms with Crippen LogP contribution in [-0.2, 0) is 0 Å². The molecule has 0 radical (unpaired) electrons. The van der Waals surface area contributed by atoms with E-state index in [-0.39, 0.29) is 0 Å². The first-order valence-corrected chi connectivity index (χ1v) is 7.66. The maximum atomic E-state index is 6.45. The smallest absolute Gasteiger partial charge is 0.127 e. The van der Waals surface area contributed by atoms with Crippen molar-refractivity contribution in [3.63, 3.8) is 0 Å². The number of thiophene rings is 1. The fourth-order valence-electron chi connectivity index (χ4n) is 2.73. The molecule has 22 heavy (non-hydrogen) atoms. The number of hydrogen-bond acceptors (Lipinski definition) is 5. The summed E-state index contributed by atoms with van der Waals surface area (Å²) in [5.74, 6) is 1.59. The van der Waals surface area contributed by atoms with Crippen molar-refractivity contribution in [2.75, 3.05) is 20.0 Å². The van der Waals surface area contributed by atoms with Crippen LogP contribution in [0.4, 0.5) is 5.69 Å². The molecule has 0 unspecified atom stereocenters. The van der Waals surface area contributed by atoms with Gasteiger partial charge in [0.25, 0.3) is 0 Å². The molecule has 2 aromatic heterocycles. The zero-order valence-electron chi connectivity index (χ0n) is 12.2. The van der Waals surface area contributed by atoms with E-state index in [4.69, 9.17) is 20.2 Å². The van der Waals surface area contributed by atoms with Gasteiger partial charge in [0.05, 0.1) is 25.4 Å². The monoisotopic (exact) mass is 310 g/mol. The van der Waals surface area contributed by atoms with Crippen LogP contribution in [-0.4, -0.2) is 19.2 Å². The van der Waals surface area contributed by atoms with E-state index in [1.165, 1.54) is 0 Å². The van der Waals surface area contributed by atoms with Gasteiger partial charge in [-0.3, -0.25) is 0 Å². The molecular weight excluding hydrogens is 296 g/mol. The molecule has 4 rings (SSSR count). The van der Waals surface area contributed by atoms with E-state index in [1.807, 2.05) is 36.4 Å². The Kier molecular flexibility index (Phi) is 2.84. The standard InChI is InChI=1S/C17H14N2O2S/c1-20-9-3-5-13-11(7-9)16(18)15-12-8-10(21-2)4-6-14(12)22-17(15)19-13/h3-8H,1-2H3,(H2,18,19). The number of nitrogens with zero attached hydrogens (tertiary/aromatic N) is 1. The average Bonchev–Trinajstić information content (AvgIpc) is 2.92. The summed E-state index contributed by atoms with van der Waals surface area (Å²) in [4.78, 5) is 5.69.